The Labute approximate surface area is 121 Å². The largest absolute Gasteiger partial charge is 0.389 e. The highest BCUT2D eigenvalue weighted by Gasteiger charge is 2.10. The molecule has 0 aliphatic heterocycles. The maximum absolute atomic E-state index is 13.2. The molecule has 2 aromatic rings. The van der Waals surface area contributed by atoms with Gasteiger partial charge in [-0.05, 0) is 53.9 Å². The number of benzene rings is 1. The van der Waals surface area contributed by atoms with E-state index in [1.165, 1.54) is 17.7 Å². The van der Waals surface area contributed by atoms with Crippen LogP contribution in [0.1, 0.15) is 18.1 Å². The zero-order chi connectivity index (χ0) is 13.8. The van der Waals surface area contributed by atoms with Gasteiger partial charge in [0.2, 0.25) is 0 Å². The molecule has 1 unspecified atom stereocenters. The van der Waals surface area contributed by atoms with Crippen LogP contribution in [0.15, 0.2) is 35.0 Å². The van der Waals surface area contributed by atoms with Gasteiger partial charge in [-0.15, -0.1) is 0 Å². The lowest BCUT2D eigenvalue weighted by Crippen LogP contribution is -2.21. The summed E-state index contributed by atoms with van der Waals surface area (Å²) in [6.45, 7) is 2.07. The molecule has 0 saturated heterocycles. The summed E-state index contributed by atoms with van der Waals surface area (Å²) < 4.78 is 13.2. The second-order valence-corrected chi connectivity index (χ2v) is 5.66. The number of hydrogen-bond acceptors (Lipinski definition) is 3. The molecule has 5 heteroatoms. The molecule has 0 saturated carbocycles. The molecule has 1 heterocycles. The third-order valence-corrected chi connectivity index (χ3v) is 3.72. The van der Waals surface area contributed by atoms with Crippen LogP contribution < -0.4 is 11.1 Å². The van der Waals surface area contributed by atoms with E-state index in [-0.39, 0.29) is 16.8 Å². The molecule has 0 amide bonds. The third kappa shape index (κ3) is 3.75. The number of rotatable bonds is 5. The number of thiophene rings is 1. The van der Waals surface area contributed by atoms with Gasteiger partial charge in [0.25, 0.3) is 0 Å². The van der Waals surface area contributed by atoms with E-state index in [0.717, 1.165) is 12.1 Å². The first-order valence-electron chi connectivity index (χ1n) is 5.93. The molecular weight excluding hydrogens is 279 g/mol. The summed E-state index contributed by atoms with van der Waals surface area (Å²) in [6, 6.07) is 6.76. The Morgan fingerprint density at radius 3 is 2.89 bits per heavy atom. The lowest BCUT2D eigenvalue weighted by atomic mass is 10.1. The lowest BCUT2D eigenvalue weighted by molar-refractivity contribution is 0.627. The summed E-state index contributed by atoms with van der Waals surface area (Å²) in [5.74, 6) is -0.334. The summed E-state index contributed by atoms with van der Waals surface area (Å²) in [7, 11) is 0. The molecule has 1 atom stereocenters. The monoisotopic (exact) mass is 294 g/mol. The summed E-state index contributed by atoms with van der Waals surface area (Å²) in [5.41, 5.74) is 8.23. The fourth-order valence-corrected chi connectivity index (χ4v) is 2.78. The predicted molar refractivity (Wildman–Crippen MR) is 83.4 cm³/mol. The Hall–Kier alpha value is -1.46. The number of anilines is 1. The third-order valence-electron chi connectivity index (χ3n) is 2.77. The number of thiocarbonyl (C=S) groups is 1. The molecule has 0 bridgehead atoms. The molecule has 1 aromatic heterocycles. The fraction of sp³-hybridized carbons (Fsp3) is 0.214. The first-order valence-corrected chi connectivity index (χ1v) is 7.28. The maximum atomic E-state index is 13.2. The standard InChI is InChI=1S/C14H15FN2S2/c1-9(6-10-4-5-19-8-10)17-13-3-2-11(15)7-12(13)14(16)18/h2-5,7-9,17H,6H2,1H3,(H2,16,18). The van der Waals surface area contributed by atoms with E-state index in [2.05, 4.69) is 29.1 Å². The van der Waals surface area contributed by atoms with Crippen LogP contribution in [0, 0.1) is 5.82 Å². The van der Waals surface area contributed by atoms with E-state index < -0.39 is 0 Å². The molecular formula is C14H15FN2S2. The summed E-state index contributed by atoms with van der Waals surface area (Å²) >= 11 is 6.63. The van der Waals surface area contributed by atoms with E-state index in [1.54, 1.807) is 17.4 Å². The Balaban J connectivity index is 2.12. The van der Waals surface area contributed by atoms with Crippen LogP contribution >= 0.6 is 23.6 Å². The van der Waals surface area contributed by atoms with Crippen molar-refractivity contribution in [3.63, 3.8) is 0 Å². The van der Waals surface area contributed by atoms with Crippen molar-refractivity contribution in [1.82, 2.24) is 0 Å². The minimum atomic E-state index is -0.334. The molecule has 0 spiro atoms. The topological polar surface area (TPSA) is 38.0 Å². The molecule has 3 N–H and O–H groups in total. The lowest BCUT2D eigenvalue weighted by Gasteiger charge is -2.17. The van der Waals surface area contributed by atoms with E-state index in [0.29, 0.717) is 5.56 Å². The highest BCUT2D eigenvalue weighted by Crippen LogP contribution is 2.19. The van der Waals surface area contributed by atoms with Crippen LogP contribution in [0.3, 0.4) is 0 Å². The van der Waals surface area contributed by atoms with Crippen molar-refractivity contribution in [1.29, 1.82) is 0 Å². The van der Waals surface area contributed by atoms with Crippen LogP contribution in [0.4, 0.5) is 10.1 Å². The van der Waals surface area contributed by atoms with Gasteiger partial charge in [-0.1, -0.05) is 12.2 Å². The zero-order valence-electron chi connectivity index (χ0n) is 10.5. The summed E-state index contributed by atoms with van der Waals surface area (Å²) in [5, 5.41) is 7.51. The molecule has 2 rings (SSSR count). The van der Waals surface area contributed by atoms with Crippen molar-refractivity contribution in [2.75, 3.05) is 5.32 Å². The van der Waals surface area contributed by atoms with E-state index in [9.17, 15) is 4.39 Å². The van der Waals surface area contributed by atoms with Gasteiger partial charge in [-0.2, -0.15) is 11.3 Å². The Morgan fingerprint density at radius 1 is 1.47 bits per heavy atom. The van der Waals surface area contributed by atoms with E-state index in [1.807, 2.05) is 0 Å². The van der Waals surface area contributed by atoms with Crippen molar-refractivity contribution < 1.29 is 4.39 Å². The smallest absolute Gasteiger partial charge is 0.124 e. The fourth-order valence-electron chi connectivity index (χ4n) is 1.93. The van der Waals surface area contributed by atoms with Crippen molar-refractivity contribution in [3.8, 4) is 0 Å². The van der Waals surface area contributed by atoms with Crippen LogP contribution in [0.5, 0.6) is 0 Å². The zero-order valence-corrected chi connectivity index (χ0v) is 12.2. The highest BCUT2D eigenvalue weighted by molar-refractivity contribution is 7.80. The molecule has 0 aliphatic carbocycles. The number of hydrogen-bond donors (Lipinski definition) is 2. The summed E-state index contributed by atoms with van der Waals surface area (Å²) in [6.07, 6.45) is 0.900. The van der Waals surface area contributed by atoms with E-state index >= 15 is 0 Å². The highest BCUT2D eigenvalue weighted by atomic mass is 32.1. The first kappa shape index (κ1) is 14.0. The molecule has 2 nitrogen and oxygen atoms in total. The Bertz CT molecular complexity index is 567. The number of nitrogens with two attached hydrogens (primary N) is 1. The Kier molecular flexibility index (Phi) is 4.50. The van der Waals surface area contributed by atoms with Crippen LogP contribution in [-0.2, 0) is 6.42 Å². The number of nitrogens with one attached hydrogen (secondary N) is 1. The van der Waals surface area contributed by atoms with Gasteiger partial charge in [0.15, 0.2) is 0 Å². The summed E-state index contributed by atoms with van der Waals surface area (Å²) in [4.78, 5) is 0.199. The van der Waals surface area contributed by atoms with Gasteiger partial charge >= 0.3 is 0 Å². The molecule has 19 heavy (non-hydrogen) atoms. The average molecular weight is 294 g/mol. The average Bonchev–Trinajstić information content (AvgIpc) is 2.83. The van der Waals surface area contributed by atoms with Crippen LogP contribution in [-0.4, -0.2) is 11.0 Å². The molecule has 0 radical (unpaired) electrons. The van der Waals surface area contributed by atoms with Gasteiger partial charge in [-0.3, -0.25) is 0 Å². The van der Waals surface area contributed by atoms with Gasteiger partial charge < -0.3 is 11.1 Å². The molecule has 0 aliphatic rings. The number of halogens is 1. The van der Waals surface area contributed by atoms with Gasteiger partial charge in [0.05, 0.1) is 0 Å². The van der Waals surface area contributed by atoms with Crippen LogP contribution in [0.2, 0.25) is 0 Å². The van der Waals surface area contributed by atoms with Gasteiger partial charge in [-0.25, -0.2) is 4.39 Å². The van der Waals surface area contributed by atoms with Crippen LogP contribution in [0.25, 0.3) is 0 Å². The normalized spacial score (nSPS) is 12.1. The molecule has 0 fully saturated rings. The van der Waals surface area contributed by atoms with Gasteiger partial charge in [0.1, 0.15) is 10.8 Å². The minimum absolute atomic E-state index is 0.199. The van der Waals surface area contributed by atoms with E-state index in [4.69, 9.17) is 18.0 Å². The SMILES string of the molecule is CC(Cc1ccsc1)Nc1ccc(F)cc1C(N)=S. The minimum Gasteiger partial charge on any atom is -0.389 e. The maximum Gasteiger partial charge on any atom is 0.124 e. The van der Waals surface area contributed by atoms with Gasteiger partial charge in [0, 0.05) is 17.3 Å². The van der Waals surface area contributed by atoms with Crippen molar-refractivity contribution in [2.24, 2.45) is 5.73 Å². The second-order valence-electron chi connectivity index (χ2n) is 4.44. The van der Waals surface area contributed by atoms with Crippen molar-refractivity contribution in [2.45, 2.75) is 19.4 Å². The van der Waals surface area contributed by atoms with Crippen molar-refractivity contribution >= 4 is 34.2 Å². The first-order chi connectivity index (χ1) is 9.06. The molecule has 100 valence electrons. The van der Waals surface area contributed by atoms with Crippen molar-refractivity contribution in [3.05, 3.63) is 52.0 Å². The molecule has 1 aromatic carbocycles. The quantitative estimate of drug-likeness (QED) is 0.828. The predicted octanol–water partition coefficient (Wildman–Crippen LogP) is 3.56. The second kappa shape index (κ2) is 6.12. The Morgan fingerprint density at radius 2 is 2.26 bits per heavy atom.